The fourth-order valence-corrected chi connectivity index (χ4v) is 17.5. The van der Waals surface area contributed by atoms with E-state index in [0.29, 0.717) is 0 Å². The Hall–Kier alpha value is -5.32. The first-order valence-electron chi connectivity index (χ1n) is 22.3. The van der Waals surface area contributed by atoms with Crippen molar-refractivity contribution >= 4 is 76.2 Å². The van der Waals surface area contributed by atoms with Crippen LogP contribution in [0.3, 0.4) is 0 Å². The molecule has 4 aromatic heterocycles. The minimum Gasteiger partial charge on any atom is -0.308 e. The van der Waals surface area contributed by atoms with E-state index in [-0.39, 0.29) is 21.7 Å². The van der Waals surface area contributed by atoms with Crippen molar-refractivity contribution in [2.45, 2.75) is 114 Å². The van der Waals surface area contributed by atoms with Crippen LogP contribution in [0.4, 0.5) is 0 Å². The van der Waals surface area contributed by atoms with Crippen LogP contribution in [0.5, 0.6) is 0 Å². The number of para-hydroxylation sites is 2. The average molecular weight is 751 g/mol. The molecule has 4 saturated carbocycles. The molecule has 0 saturated heterocycles. The van der Waals surface area contributed by atoms with E-state index in [4.69, 9.17) is 0 Å². The van der Waals surface area contributed by atoms with Crippen LogP contribution in [0.1, 0.15) is 125 Å². The lowest BCUT2D eigenvalue weighted by atomic mass is 9.58. The van der Waals surface area contributed by atoms with E-state index in [1.54, 1.807) is 0 Å². The van der Waals surface area contributed by atoms with Crippen molar-refractivity contribution in [2.24, 2.45) is 23.7 Å². The number of fused-ring (bicyclic) bond motifs is 12. The summed E-state index contributed by atoms with van der Waals surface area (Å²) in [5.41, 5.74) is 15.3. The standard InChI is InChI=1S/C54H46N4/c1-51-17-27-11-28(18-51)22-53(3,21-27)47-43-35-9-5-7-33-37-16-40-38(15-39(37)57(49(33)35)41(43)13-31(25-55)45(47)51)34-8-6-10-36-44-42(58(40)50(34)36)14-32(26-56)46-48(44)54(4)23-29-12-30(24-54)20-52(46,2)19-29/h5-10,13-16,27-30H,11-12,17-24H2,1-4H3. The number of rotatable bonds is 0. The molecule has 0 spiro atoms. The average Bonchev–Trinajstić information content (AvgIpc) is 3.86. The van der Waals surface area contributed by atoms with Crippen LogP contribution in [0.2, 0.25) is 0 Å². The molecule has 0 aliphatic heterocycles. The number of hydrogen-bond acceptors (Lipinski definition) is 2. The van der Waals surface area contributed by atoms with E-state index in [9.17, 15) is 10.5 Å². The summed E-state index contributed by atoms with van der Waals surface area (Å²) < 4.78 is 5.09. The summed E-state index contributed by atoms with van der Waals surface area (Å²) in [6.45, 7) is 10.1. The van der Waals surface area contributed by atoms with Crippen molar-refractivity contribution in [1.82, 2.24) is 8.80 Å². The summed E-state index contributed by atoms with van der Waals surface area (Å²) in [6.07, 6.45) is 12.5. The fourth-order valence-electron chi connectivity index (χ4n) is 17.5. The van der Waals surface area contributed by atoms with Crippen LogP contribution < -0.4 is 0 Å². The molecule has 4 fully saturated rings. The van der Waals surface area contributed by atoms with Gasteiger partial charge < -0.3 is 8.80 Å². The highest BCUT2D eigenvalue weighted by atomic mass is 14.9. The number of nitriles is 2. The van der Waals surface area contributed by atoms with Gasteiger partial charge in [0.15, 0.2) is 0 Å². The van der Waals surface area contributed by atoms with Gasteiger partial charge in [0.1, 0.15) is 0 Å². The van der Waals surface area contributed by atoms with Gasteiger partial charge >= 0.3 is 0 Å². The van der Waals surface area contributed by atoms with E-state index >= 15 is 0 Å². The summed E-state index contributed by atoms with van der Waals surface area (Å²) in [5, 5.41) is 32.6. The third kappa shape index (κ3) is 3.30. The Morgan fingerprint density at radius 2 is 0.793 bits per heavy atom. The fraction of sp³-hybridized carbons (Fsp3) is 0.407. The van der Waals surface area contributed by atoms with Gasteiger partial charge in [0.2, 0.25) is 0 Å². The summed E-state index contributed by atoms with van der Waals surface area (Å²) >= 11 is 0. The van der Waals surface area contributed by atoms with Crippen LogP contribution >= 0.6 is 0 Å². The molecular weight excluding hydrogens is 705 g/mol. The highest BCUT2D eigenvalue weighted by Crippen LogP contribution is 2.65. The first-order valence-corrected chi connectivity index (χ1v) is 22.3. The van der Waals surface area contributed by atoms with Crippen molar-refractivity contribution in [1.29, 1.82) is 10.5 Å². The van der Waals surface area contributed by atoms with Crippen LogP contribution in [0.25, 0.3) is 76.2 Å². The Bertz CT molecular complexity index is 3280. The predicted molar refractivity (Wildman–Crippen MR) is 235 cm³/mol. The molecule has 4 heterocycles. The highest BCUT2D eigenvalue weighted by Gasteiger charge is 2.56. The topological polar surface area (TPSA) is 56.4 Å². The molecule has 8 aliphatic carbocycles. The number of benzene rings is 5. The summed E-state index contributed by atoms with van der Waals surface area (Å²) in [6, 6.07) is 29.1. The quantitative estimate of drug-likeness (QED) is 0.155. The lowest BCUT2D eigenvalue weighted by Gasteiger charge is -2.46. The largest absolute Gasteiger partial charge is 0.308 e. The van der Waals surface area contributed by atoms with E-state index in [1.165, 1.54) is 163 Å². The van der Waals surface area contributed by atoms with Crippen molar-refractivity contribution in [3.05, 3.63) is 94.0 Å². The highest BCUT2D eigenvalue weighted by molar-refractivity contribution is 6.29. The maximum atomic E-state index is 11.0. The Labute approximate surface area is 337 Å². The molecule has 0 amide bonds. The molecule has 8 bridgehead atoms. The molecule has 9 aromatic rings. The van der Waals surface area contributed by atoms with E-state index in [1.807, 2.05) is 0 Å². The van der Waals surface area contributed by atoms with Crippen LogP contribution in [-0.2, 0) is 21.7 Å². The van der Waals surface area contributed by atoms with Gasteiger partial charge in [0.25, 0.3) is 0 Å². The summed E-state index contributed by atoms with van der Waals surface area (Å²) in [4.78, 5) is 0. The Morgan fingerprint density at radius 1 is 0.448 bits per heavy atom. The zero-order chi connectivity index (χ0) is 38.6. The van der Waals surface area contributed by atoms with Gasteiger partial charge in [-0.15, -0.1) is 0 Å². The second-order valence-electron chi connectivity index (χ2n) is 22.1. The smallest absolute Gasteiger partial charge is 0.0995 e. The predicted octanol–water partition coefficient (Wildman–Crippen LogP) is 13.2. The van der Waals surface area contributed by atoms with E-state index in [2.05, 4.69) is 109 Å². The SMILES string of the molecule is CC12CC3CC(C1)CC(C)(C3)c1c2c(C#N)cc2c1c1cccc3c4cc5c(cc4n2c31)c1cccc2c3c4c(c(C#N)cc3n5c12)C1(C)CC2CC(C1)CC4(C)C2. The lowest BCUT2D eigenvalue weighted by Crippen LogP contribution is -2.39. The summed E-state index contributed by atoms with van der Waals surface area (Å²) in [7, 11) is 0. The molecular formula is C54H46N4. The third-order valence-electron chi connectivity index (χ3n) is 18.2. The van der Waals surface area contributed by atoms with E-state index < -0.39 is 0 Å². The van der Waals surface area contributed by atoms with Gasteiger partial charge in [-0.25, -0.2) is 0 Å². The Morgan fingerprint density at radius 3 is 1.16 bits per heavy atom. The summed E-state index contributed by atoms with van der Waals surface area (Å²) in [5.74, 6) is 2.96. The maximum Gasteiger partial charge on any atom is 0.0995 e. The second kappa shape index (κ2) is 9.42. The van der Waals surface area contributed by atoms with Gasteiger partial charge in [0.05, 0.1) is 56.4 Å². The maximum absolute atomic E-state index is 11.0. The molecule has 5 aromatic carbocycles. The third-order valence-corrected chi connectivity index (χ3v) is 18.2. The molecule has 4 atom stereocenters. The second-order valence-corrected chi connectivity index (χ2v) is 22.1. The molecule has 0 N–H and O–H groups in total. The zero-order valence-electron chi connectivity index (χ0n) is 33.9. The van der Waals surface area contributed by atoms with Gasteiger partial charge in [-0.3, -0.25) is 0 Å². The van der Waals surface area contributed by atoms with Crippen LogP contribution in [0, 0.1) is 46.3 Å². The monoisotopic (exact) mass is 750 g/mol. The molecule has 4 nitrogen and oxygen atoms in total. The molecule has 17 rings (SSSR count). The van der Waals surface area contributed by atoms with Gasteiger partial charge in [-0.05, 0) is 156 Å². The van der Waals surface area contributed by atoms with Gasteiger partial charge in [-0.2, -0.15) is 10.5 Å². The Kier molecular flexibility index (Phi) is 5.14. The van der Waals surface area contributed by atoms with Crippen molar-refractivity contribution < 1.29 is 0 Å². The van der Waals surface area contributed by atoms with Crippen molar-refractivity contribution in [2.75, 3.05) is 0 Å². The number of hydrogen-bond donors (Lipinski definition) is 0. The minimum absolute atomic E-state index is 0.0538. The van der Waals surface area contributed by atoms with Gasteiger partial charge in [0, 0.05) is 43.1 Å². The molecule has 58 heavy (non-hydrogen) atoms. The normalized spacial score (nSPS) is 33.4. The lowest BCUT2D eigenvalue weighted by molar-refractivity contribution is 0.0899. The molecule has 8 aliphatic rings. The first kappa shape index (κ1) is 31.6. The Balaban J connectivity index is 1.09. The molecule has 282 valence electrons. The molecule has 4 heteroatoms. The van der Waals surface area contributed by atoms with Crippen LogP contribution in [0.15, 0.2) is 60.7 Å². The first-order chi connectivity index (χ1) is 28.0. The van der Waals surface area contributed by atoms with Crippen molar-refractivity contribution in [3.63, 3.8) is 0 Å². The molecule has 4 unspecified atom stereocenters. The van der Waals surface area contributed by atoms with E-state index in [0.717, 1.165) is 34.8 Å². The van der Waals surface area contributed by atoms with Crippen LogP contribution in [-0.4, -0.2) is 8.80 Å². The zero-order valence-corrected chi connectivity index (χ0v) is 33.9. The number of nitrogens with zero attached hydrogens (tertiary/aromatic N) is 4. The minimum atomic E-state index is 0.0538. The van der Waals surface area contributed by atoms with Crippen molar-refractivity contribution in [3.8, 4) is 12.1 Å². The van der Waals surface area contributed by atoms with Gasteiger partial charge in [-0.1, -0.05) is 64.1 Å². The molecule has 0 radical (unpaired) electrons. The number of aromatic nitrogens is 2.